The van der Waals surface area contributed by atoms with E-state index in [0.717, 1.165) is 41.0 Å². The SMILES string of the molecule is C/C=C(\C(=N)OC)c1ccc(=C\CCC)/c(=C\C(=C\CC)CNC(=O)c2ccc3c(c2)C(F)COC3)n1. The van der Waals surface area contributed by atoms with Gasteiger partial charge < -0.3 is 14.8 Å². The number of aromatic nitrogens is 1. The molecule has 0 aliphatic carbocycles. The standard InChI is InChI=1S/C30H36FN3O3/c1-5-8-10-21-13-14-27(24(7-3)29(32)36-4)34-28(21)15-20(9-6-2)17-33-30(35)22-11-12-23-18-37-19-26(31)25(23)16-22/h7,9-16,26,32H,5-6,8,17-19H2,1-4H3,(H,33,35)/b20-9-,21-10+,24-7-,28-15+,32-29?. The van der Waals surface area contributed by atoms with E-state index in [-0.39, 0.29) is 18.4 Å². The number of nitrogens with one attached hydrogen (secondary N) is 2. The maximum absolute atomic E-state index is 14.3. The molecule has 7 heteroatoms. The molecule has 2 heterocycles. The molecule has 0 bridgehead atoms. The van der Waals surface area contributed by atoms with Gasteiger partial charge in [-0.3, -0.25) is 10.2 Å². The van der Waals surface area contributed by atoms with E-state index in [9.17, 15) is 9.18 Å². The van der Waals surface area contributed by atoms with Crippen molar-refractivity contribution in [3.63, 3.8) is 0 Å². The number of rotatable bonds is 9. The van der Waals surface area contributed by atoms with E-state index in [0.29, 0.717) is 35.5 Å². The first kappa shape index (κ1) is 28.0. The van der Waals surface area contributed by atoms with Crippen LogP contribution in [0.3, 0.4) is 0 Å². The van der Waals surface area contributed by atoms with Crippen molar-refractivity contribution in [3.8, 4) is 0 Å². The number of methoxy groups -OCH3 is 1. The monoisotopic (exact) mass is 505 g/mol. The van der Waals surface area contributed by atoms with Crippen molar-refractivity contribution in [3.05, 3.63) is 81.0 Å². The number of fused-ring (bicyclic) bond motifs is 1. The molecule has 0 radical (unpaired) electrons. The fourth-order valence-corrected chi connectivity index (χ4v) is 4.15. The molecule has 1 atom stereocenters. The molecule has 1 unspecified atom stereocenters. The Hall–Kier alpha value is -3.58. The number of hydrogen-bond donors (Lipinski definition) is 2. The fraction of sp³-hybridized carbons (Fsp3) is 0.367. The van der Waals surface area contributed by atoms with Gasteiger partial charge in [0.05, 0.1) is 36.9 Å². The molecule has 0 spiro atoms. The number of carbonyl (C=O) groups excluding carboxylic acids is 1. The molecule has 1 aliphatic rings. The summed E-state index contributed by atoms with van der Waals surface area (Å²) in [7, 11) is 1.47. The molecule has 0 saturated carbocycles. The molecule has 2 aromatic rings. The van der Waals surface area contributed by atoms with Gasteiger partial charge in [-0.2, -0.15) is 0 Å². The number of ether oxygens (including phenoxy) is 2. The molecule has 1 aromatic carbocycles. The first-order valence-corrected chi connectivity index (χ1v) is 12.7. The molecule has 196 valence electrons. The molecular formula is C30H36FN3O3. The largest absolute Gasteiger partial charge is 0.481 e. The van der Waals surface area contributed by atoms with Crippen molar-refractivity contribution in [2.24, 2.45) is 0 Å². The Labute approximate surface area is 218 Å². The summed E-state index contributed by atoms with van der Waals surface area (Å²) in [6.45, 7) is 6.68. The average Bonchev–Trinajstić information content (AvgIpc) is 2.91. The lowest BCUT2D eigenvalue weighted by Crippen LogP contribution is -2.31. The zero-order valence-electron chi connectivity index (χ0n) is 22.1. The fourth-order valence-electron chi connectivity index (χ4n) is 4.15. The summed E-state index contributed by atoms with van der Waals surface area (Å²) >= 11 is 0. The lowest BCUT2D eigenvalue weighted by atomic mass is 9.98. The second-order valence-corrected chi connectivity index (χ2v) is 8.81. The zero-order valence-corrected chi connectivity index (χ0v) is 22.1. The molecule has 1 aromatic heterocycles. The Kier molecular flexibility index (Phi) is 10.3. The van der Waals surface area contributed by atoms with E-state index in [4.69, 9.17) is 19.9 Å². The number of alkyl halides is 1. The van der Waals surface area contributed by atoms with Gasteiger partial charge in [0.15, 0.2) is 0 Å². The molecule has 3 rings (SSSR count). The van der Waals surface area contributed by atoms with Crippen LogP contribution in [0, 0.1) is 5.41 Å². The number of benzene rings is 1. The van der Waals surface area contributed by atoms with Crippen LogP contribution >= 0.6 is 0 Å². The highest BCUT2D eigenvalue weighted by atomic mass is 19.1. The Morgan fingerprint density at radius 3 is 2.81 bits per heavy atom. The lowest BCUT2D eigenvalue weighted by Gasteiger charge is -2.20. The number of unbranched alkanes of at least 4 members (excludes halogenated alkanes) is 1. The Morgan fingerprint density at radius 1 is 1.30 bits per heavy atom. The van der Waals surface area contributed by atoms with Crippen LogP contribution in [-0.2, 0) is 16.1 Å². The number of halogens is 1. The van der Waals surface area contributed by atoms with E-state index >= 15 is 0 Å². The van der Waals surface area contributed by atoms with Crippen molar-refractivity contribution in [2.75, 3.05) is 20.3 Å². The Morgan fingerprint density at radius 2 is 2.11 bits per heavy atom. The Bertz CT molecular complexity index is 1310. The number of pyridine rings is 1. The van der Waals surface area contributed by atoms with Gasteiger partial charge in [-0.05, 0) is 66.0 Å². The predicted molar refractivity (Wildman–Crippen MR) is 146 cm³/mol. The number of hydrogen-bond acceptors (Lipinski definition) is 5. The van der Waals surface area contributed by atoms with Gasteiger partial charge in [0.2, 0.25) is 5.90 Å². The Balaban J connectivity index is 1.91. The molecule has 1 aliphatic heterocycles. The minimum Gasteiger partial charge on any atom is -0.481 e. The number of nitrogens with zero attached hydrogens (tertiary/aromatic N) is 1. The first-order valence-electron chi connectivity index (χ1n) is 12.7. The van der Waals surface area contributed by atoms with Crippen LogP contribution in [0.2, 0.25) is 0 Å². The summed E-state index contributed by atoms with van der Waals surface area (Å²) in [6, 6.07) is 8.98. The van der Waals surface area contributed by atoms with Crippen molar-refractivity contribution in [1.82, 2.24) is 10.3 Å². The maximum atomic E-state index is 14.3. The van der Waals surface area contributed by atoms with Crippen molar-refractivity contribution in [2.45, 2.75) is 52.8 Å². The van der Waals surface area contributed by atoms with Crippen molar-refractivity contribution >= 4 is 29.5 Å². The molecule has 0 fully saturated rings. The zero-order chi connectivity index (χ0) is 26.8. The lowest BCUT2D eigenvalue weighted by molar-refractivity contribution is 0.0512. The third-order valence-electron chi connectivity index (χ3n) is 6.13. The second-order valence-electron chi connectivity index (χ2n) is 8.81. The molecule has 1 amide bonds. The quantitative estimate of drug-likeness (QED) is 0.380. The van der Waals surface area contributed by atoms with Gasteiger partial charge in [-0.15, -0.1) is 0 Å². The highest BCUT2D eigenvalue weighted by Gasteiger charge is 2.21. The normalized spacial score (nSPS) is 16.9. The minimum absolute atomic E-state index is 0.0126. The summed E-state index contributed by atoms with van der Waals surface area (Å²) in [6.07, 6.45) is 9.46. The maximum Gasteiger partial charge on any atom is 0.251 e. The van der Waals surface area contributed by atoms with Gasteiger partial charge >= 0.3 is 0 Å². The predicted octanol–water partition coefficient (Wildman–Crippen LogP) is 4.78. The van der Waals surface area contributed by atoms with E-state index in [2.05, 4.69) is 18.3 Å². The van der Waals surface area contributed by atoms with Crippen LogP contribution in [-0.4, -0.2) is 37.1 Å². The van der Waals surface area contributed by atoms with E-state index < -0.39 is 6.17 Å². The minimum atomic E-state index is -1.22. The molecule has 37 heavy (non-hydrogen) atoms. The highest BCUT2D eigenvalue weighted by Crippen LogP contribution is 2.28. The van der Waals surface area contributed by atoms with Crippen LogP contribution in [0.25, 0.3) is 17.7 Å². The van der Waals surface area contributed by atoms with Crippen LogP contribution in [0.1, 0.15) is 73.4 Å². The van der Waals surface area contributed by atoms with Gasteiger partial charge in [-0.25, -0.2) is 9.37 Å². The smallest absolute Gasteiger partial charge is 0.251 e. The highest BCUT2D eigenvalue weighted by molar-refractivity contribution is 6.17. The van der Waals surface area contributed by atoms with Gasteiger partial charge in [-0.1, -0.05) is 50.6 Å². The van der Waals surface area contributed by atoms with E-state index in [1.54, 1.807) is 18.2 Å². The van der Waals surface area contributed by atoms with E-state index in [1.807, 2.05) is 44.2 Å². The average molecular weight is 506 g/mol. The second kappa shape index (κ2) is 13.7. The molecule has 6 nitrogen and oxygen atoms in total. The van der Waals surface area contributed by atoms with Crippen LogP contribution in [0.4, 0.5) is 4.39 Å². The topological polar surface area (TPSA) is 84.3 Å². The van der Waals surface area contributed by atoms with Crippen LogP contribution in [0.5, 0.6) is 0 Å². The molecule has 0 saturated heterocycles. The summed E-state index contributed by atoms with van der Waals surface area (Å²) in [5.41, 5.74) is 3.88. The number of allylic oxidation sites excluding steroid dienone is 2. The van der Waals surface area contributed by atoms with Crippen LogP contribution in [0.15, 0.2) is 48.1 Å². The van der Waals surface area contributed by atoms with Crippen molar-refractivity contribution in [1.29, 1.82) is 5.41 Å². The van der Waals surface area contributed by atoms with Gasteiger partial charge in [0.25, 0.3) is 5.91 Å². The molecular weight excluding hydrogens is 469 g/mol. The summed E-state index contributed by atoms with van der Waals surface area (Å²) in [5.74, 6) is -0.212. The summed E-state index contributed by atoms with van der Waals surface area (Å²) in [4.78, 5) is 17.8. The van der Waals surface area contributed by atoms with Crippen molar-refractivity contribution < 1.29 is 18.7 Å². The summed E-state index contributed by atoms with van der Waals surface area (Å²) in [5, 5.41) is 12.8. The molecule has 2 N–H and O–H groups in total. The van der Waals surface area contributed by atoms with Gasteiger partial charge in [0, 0.05) is 12.1 Å². The third-order valence-corrected chi connectivity index (χ3v) is 6.13. The first-order chi connectivity index (χ1) is 17.9. The van der Waals surface area contributed by atoms with Crippen LogP contribution < -0.4 is 15.9 Å². The van der Waals surface area contributed by atoms with E-state index in [1.165, 1.54) is 7.11 Å². The summed E-state index contributed by atoms with van der Waals surface area (Å²) < 4.78 is 24.6. The number of carbonyl (C=O) groups is 1. The third kappa shape index (κ3) is 7.23. The van der Waals surface area contributed by atoms with Gasteiger partial charge in [0.1, 0.15) is 6.17 Å². The number of amides is 1.